The lowest BCUT2D eigenvalue weighted by atomic mass is 9.86. The number of benzene rings is 1. The third-order valence-electron chi connectivity index (χ3n) is 4.74. The molecule has 1 aliphatic carbocycles. The highest BCUT2D eigenvalue weighted by molar-refractivity contribution is 5.84. The zero-order valence-corrected chi connectivity index (χ0v) is 14.8. The molecule has 5 nitrogen and oxygen atoms in total. The summed E-state index contributed by atoms with van der Waals surface area (Å²) in [6, 6.07) is 6.48. The van der Waals surface area contributed by atoms with Gasteiger partial charge >= 0.3 is 0 Å². The highest BCUT2D eigenvalue weighted by Crippen LogP contribution is 2.32. The van der Waals surface area contributed by atoms with Gasteiger partial charge in [0.15, 0.2) is 0 Å². The Morgan fingerprint density at radius 1 is 1.36 bits per heavy atom. The molecule has 1 aromatic carbocycles. The molecular formula is C19H25FN4O. The summed E-state index contributed by atoms with van der Waals surface area (Å²) in [5, 5.41) is 7.12. The summed E-state index contributed by atoms with van der Waals surface area (Å²) in [5.74, 6) is -0.320. The first kappa shape index (κ1) is 17.6. The van der Waals surface area contributed by atoms with E-state index in [2.05, 4.69) is 15.1 Å². The number of aromatic amines is 1. The first-order valence-corrected chi connectivity index (χ1v) is 8.74. The predicted molar refractivity (Wildman–Crippen MR) is 94.6 cm³/mol. The number of hydrogen-bond acceptors (Lipinski definition) is 3. The largest absolute Gasteiger partial charge is 0.337 e. The van der Waals surface area contributed by atoms with Gasteiger partial charge in [0, 0.05) is 30.9 Å². The summed E-state index contributed by atoms with van der Waals surface area (Å²) in [4.78, 5) is 17.1. The third-order valence-corrected chi connectivity index (χ3v) is 4.74. The Kier molecular flexibility index (Phi) is 5.48. The molecule has 0 saturated heterocycles. The summed E-state index contributed by atoms with van der Waals surface area (Å²) in [7, 11) is 3.97. The molecule has 0 bridgehead atoms. The van der Waals surface area contributed by atoms with Crippen LogP contribution in [-0.2, 0) is 17.8 Å². The number of carbonyl (C=O) groups excluding carboxylic acids is 1. The number of fused-ring (bicyclic) bond motifs is 1. The van der Waals surface area contributed by atoms with Gasteiger partial charge in [-0.2, -0.15) is 5.10 Å². The van der Waals surface area contributed by atoms with Crippen molar-refractivity contribution >= 4 is 5.91 Å². The van der Waals surface area contributed by atoms with Crippen molar-refractivity contribution < 1.29 is 9.18 Å². The molecule has 0 radical (unpaired) electrons. The van der Waals surface area contributed by atoms with E-state index in [1.165, 1.54) is 12.1 Å². The number of nitrogens with zero attached hydrogens (tertiary/aromatic N) is 3. The maximum Gasteiger partial charge on any atom is 0.230 e. The standard InChI is InChI=1S/C19H25FN4O/c1-23(2)9-10-24(13-14-5-3-6-15(20)11-14)19(25)16-7-4-8-18-17(16)12-21-22-18/h3,5-6,11-12,16H,4,7-10,13H2,1-2H3,(H,21,22)/t16-/m0/s1. The summed E-state index contributed by atoms with van der Waals surface area (Å²) >= 11 is 0. The minimum atomic E-state index is -0.271. The van der Waals surface area contributed by atoms with E-state index in [-0.39, 0.29) is 17.6 Å². The molecule has 3 rings (SSSR count). The van der Waals surface area contributed by atoms with E-state index in [1.54, 1.807) is 12.3 Å². The number of rotatable bonds is 6. The Morgan fingerprint density at radius 3 is 2.96 bits per heavy atom. The minimum Gasteiger partial charge on any atom is -0.337 e. The quantitative estimate of drug-likeness (QED) is 0.876. The molecule has 0 fully saturated rings. The van der Waals surface area contributed by atoms with Crippen LogP contribution < -0.4 is 0 Å². The molecule has 0 aliphatic heterocycles. The number of halogens is 1. The van der Waals surface area contributed by atoms with Crippen LogP contribution in [0, 0.1) is 5.82 Å². The van der Waals surface area contributed by atoms with E-state index in [0.29, 0.717) is 13.1 Å². The van der Waals surface area contributed by atoms with Crippen LogP contribution >= 0.6 is 0 Å². The maximum absolute atomic E-state index is 13.5. The third kappa shape index (κ3) is 4.25. The lowest BCUT2D eigenvalue weighted by Gasteiger charge is -2.30. The number of hydrogen-bond donors (Lipinski definition) is 1. The Bertz CT molecular complexity index is 728. The van der Waals surface area contributed by atoms with E-state index < -0.39 is 0 Å². The molecule has 1 atom stereocenters. The molecule has 0 unspecified atom stereocenters. The zero-order valence-electron chi connectivity index (χ0n) is 14.8. The molecule has 1 amide bonds. The first-order valence-electron chi connectivity index (χ1n) is 8.74. The second kappa shape index (κ2) is 7.78. The lowest BCUT2D eigenvalue weighted by molar-refractivity contribution is -0.134. The molecule has 1 N–H and O–H groups in total. The summed E-state index contributed by atoms with van der Waals surface area (Å²) in [5.41, 5.74) is 2.91. The summed E-state index contributed by atoms with van der Waals surface area (Å²) < 4.78 is 13.5. The van der Waals surface area contributed by atoms with Gasteiger partial charge in [-0.15, -0.1) is 0 Å². The van der Waals surface area contributed by atoms with Crippen molar-refractivity contribution in [2.45, 2.75) is 31.7 Å². The van der Waals surface area contributed by atoms with Crippen molar-refractivity contribution in [3.63, 3.8) is 0 Å². The van der Waals surface area contributed by atoms with Gasteiger partial charge in [-0.3, -0.25) is 9.89 Å². The first-order chi connectivity index (χ1) is 12.0. The van der Waals surface area contributed by atoms with Gasteiger partial charge in [0.25, 0.3) is 0 Å². The van der Waals surface area contributed by atoms with E-state index in [1.807, 2.05) is 25.1 Å². The highest BCUT2D eigenvalue weighted by atomic mass is 19.1. The maximum atomic E-state index is 13.5. The van der Waals surface area contributed by atoms with Gasteiger partial charge < -0.3 is 9.80 Å². The van der Waals surface area contributed by atoms with Gasteiger partial charge in [0.05, 0.1) is 12.1 Å². The zero-order chi connectivity index (χ0) is 17.8. The number of likely N-dealkylation sites (N-methyl/N-ethyl adjacent to an activating group) is 1. The van der Waals surface area contributed by atoms with Crippen LogP contribution in [0.5, 0.6) is 0 Å². The van der Waals surface area contributed by atoms with Crippen LogP contribution in [0.15, 0.2) is 30.5 Å². The van der Waals surface area contributed by atoms with E-state index in [9.17, 15) is 9.18 Å². The molecular weight excluding hydrogens is 319 g/mol. The van der Waals surface area contributed by atoms with Gasteiger partial charge in [0.2, 0.25) is 5.91 Å². The van der Waals surface area contributed by atoms with Crippen molar-refractivity contribution in [3.05, 3.63) is 53.1 Å². The van der Waals surface area contributed by atoms with E-state index in [4.69, 9.17) is 0 Å². The summed E-state index contributed by atoms with van der Waals surface area (Å²) in [6.45, 7) is 1.81. The average molecular weight is 344 g/mol. The van der Waals surface area contributed by atoms with Crippen LogP contribution in [0.4, 0.5) is 4.39 Å². The number of aromatic nitrogens is 2. The van der Waals surface area contributed by atoms with Crippen LogP contribution in [0.2, 0.25) is 0 Å². The molecule has 0 spiro atoms. The molecule has 1 aromatic heterocycles. The SMILES string of the molecule is CN(C)CCN(Cc1cccc(F)c1)C(=O)[C@H]1CCCc2[nH]ncc21. The fraction of sp³-hybridized carbons (Fsp3) is 0.474. The Balaban J connectivity index is 1.80. The van der Waals surface area contributed by atoms with Crippen LogP contribution in [0.1, 0.15) is 35.6 Å². The second-order valence-corrected chi connectivity index (χ2v) is 6.94. The Labute approximate surface area is 147 Å². The molecule has 134 valence electrons. The predicted octanol–water partition coefficient (Wildman–Crippen LogP) is 2.56. The monoisotopic (exact) mass is 344 g/mol. The number of H-pyrrole nitrogens is 1. The number of amides is 1. The summed E-state index contributed by atoms with van der Waals surface area (Å²) in [6.07, 6.45) is 4.55. The Morgan fingerprint density at radius 2 is 2.20 bits per heavy atom. The second-order valence-electron chi connectivity index (χ2n) is 6.94. The Hall–Kier alpha value is -2.21. The van der Waals surface area contributed by atoms with Crippen LogP contribution in [0.25, 0.3) is 0 Å². The van der Waals surface area contributed by atoms with Crippen molar-refractivity contribution in [1.82, 2.24) is 20.0 Å². The smallest absolute Gasteiger partial charge is 0.230 e. The van der Waals surface area contributed by atoms with Crippen molar-refractivity contribution in [2.24, 2.45) is 0 Å². The lowest BCUT2D eigenvalue weighted by Crippen LogP contribution is -2.39. The fourth-order valence-corrected chi connectivity index (χ4v) is 3.38. The molecule has 1 aliphatic rings. The number of aryl methyl sites for hydroxylation is 1. The molecule has 25 heavy (non-hydrogen) atoms. The molecule has 1 heterocycles. The van der Waals surface area contributed by atoms with Crippen molar-refractivity contribution in [3.8, 4) is 0 Å². The van der Waals surface area contributed by atoms with Crippen molar-refractivity contribution in [2.75, 3.05) is 27.2 Å². The van der Waals surface area contributed by atoms with Gasteiger partial charge in [-0.1, -0.05) is 12.1 Å². The van der Waals surface area contributed by atoms with E-state index >= 15 is 0 Å². The number of carbonyl (C=O) groups is 1. The van der Waals surface area contributed by atoms with Crippen LogP contribution in [-0.4, -0.2) is 53.1 Å². The van der Waals surface area contributed by atoms with Crippen molar-refractivity contribution in [1.29, 1.82) is 0 Å². The topological polar surface area (TPSA) is 52.2 Å². The number of nitrogens with one attached hydrogen (secondary N) is 1. The molecule has 2 aromatic rings. The van der Waals surface area contributed by atoms with E-state index in [0.717, 1.165) is 42.6 Å². The average Bonchev–Trinajstić information content (AvgIpc) is 3.06. The highest BCUT2D eigenvalue weighted by Gasteiger charge is 2.31. The molecule has 0 saturated carbocycles. The fourth-order valence-electron chi connectivity index (χ4n) is 3.38. The minimum absolute atomic E-state index is 0.105. The van der Waals surface area contributed by atoms with Crippen LogP contribution in [0.3, 0.4) is 0 Å². The molecule has 6 heteroatoms. The van der Waals surface area contributed by atoms with Gasteiger partial charge in [-0.25, -0.2) is 4.39 Å². The normalized spacial score (nSPS) is 16.7. The van der Waals surface area contributed by atoms with Gasteiger partial charge in [0.1, 0.15) is 5.82 Å². The van der Waals surface area contributed by atoms with Gasteiger partial charge in [-0.05, 0) is 51.1 Å².